The zero-order valence-corrected chi connectivity index (χ0v) is 8.51. The van der Waals surface area contributed by atoms with Gasteiger partial charge in [-0.15, -0.1) is 0 Å². The van der Waals surface area contributed by atoms with Gasteiger partial charge in [0.15, 0.2) is 6.54 Å². The van der Waals surface area contributed by atoms with Crippen molar-refractivity contribution in [1.29, 1.82) is 5.26 Å². The quantitative estimate of drug-likeness (QED) is 0.772. The molecule has 1 heterocycles. The molecule has 5 heteroatoms. The van der Waals surface area contributed by atoms with Gasteiger partial charge >= 0.3 is 11.3 Å². The minimum absolute atomic E-state index is 0.319. The topological polar surface area (TPSA) is 73.7 Å². The van der Waals surface area contributed by atoms with Crippen LogP contribution < -0.4 is 10.3 Å². The van der Waals surface area contributed by atoms with Crippen molar-refractivity contribution >= 4 is 0 Å². The number of benzene rings is 1. The molecule has 80 valence electrons. The van der Waals surface area contributed by atoms with Gasteiger partial charge in [0.25, 0.3) is 0 Å². The van der Waals surface area contributed by atoms with Crippen LogP contribution in [0.1, 0.15) is 6.42 Å². The molecule has 0 aliphatic carbocycles. The predicted octanol–water partition coefficient (Wildman–Crippen LogP) is 0.836. The first-order chi connectivity index (χ1) is 7.83. The average Bonchev–Trinajstić information content (AvgIpc) is 2.69. The van der Waals surface area contributed by atoms with Crippen LogP contribution in [0, 0.1) is 11.3 Å². The Morgan fingerprint density at radius 1 is 1.38 bits per heavy atom. The lowest BCUT2D eigenvalue weighted by Gasteiger charge is -1.92. The van der Waals surface area contributed by atoms with Crippen molar-refractivity contribution in [2.45, 2.75) is 13.0 Å². The van der Waals surface area contributed by atoms with E-state index in [2.05, 4.69) is 5.27 Å². The Kier molecular flexibility index (Phi) is 2.83. The van der Waals surface area contributed by atoms with Gasteiger partial charge in [-0.2, -0.15) is 5.26 Å². The van der Waals surface area contributed by atoms with E-state index in [0.717, 1.165) is 5.56 Å². The Morgan fingerprint density at radius 2 is 2.12 bits per heavy atom. The van der Waals surface area contributed by atoms with E-state index in [1.54, 1.807) is 4.68 Å². The van der Waals surface area contributed by atoms with E-state index in [4.69, 9.17) is 9.78 Å². The van der Waals surface area contributed by atoms with E-state index in [1.165, 1.54) is 0 Å². The van der Waals surface area contributed by atoms with Gasteiger partial charge < -0.3 is 0 Å². The van der Waals surface area contributed by atoms with Crippen LogP contribution in [0.25, 0.3) is 11.3 Å². The number of nitrogens with zero attached hydrogens (tertiary/aromatic N) is 2. The highest BCUT2D eigenvalue weighted by molar-refractivity contribution is 5.53. The fourth-order valence-electron chi connectivity index (χ4n) is 1.49. The summed E-state index contributed by atoms with van der Waals surface area (Å²) in [7, 11) is 0. The summed E-state index contributed by atoms with van der Waals surface area (Å²) in [5.41, 5.74) is 0.787. The number of aromatic amines is 1. The van der Waals surface area contributed by atoms with Crippen molar-refractivity contribution in [2.24, 2.45) is 0 Å². The molecule has 0 saturated heterocycles. The maximum Gasteiger partial charge on any atom is 0.435 e. The molecule has 1 aromatic carbocycles. The monoisotopic (exact) mass is 216 g/mol. The zero-order chi connectivity index (χ0) is 11.4. The van der Waals surface area contributed by atoms with Crippen molar-refractivity contribution in [2.75, 3.05) is 0 Å². The van der Waals surface area contributed by atoms with Crippen LogP contribution in [-0.4, -0.2) is 5.27 Å². The maximum absolute atomic E-state index is 11.5. The van der Waals surface area contributed by atoms with Gasteiger partial charge in [0.1, 0.15) is 0 Å². The van der Waals surface area contributed by atoms with Crippen LogP contribution in [0.3, 0.4) is 0 Å². The summed E-state index contributed by atoms with van der Waals surface area (Å²) in [5, 5.41) is 11.0. The first kappa shape index (κ1) is 10.2. The van der Waals surface area contributed by atoms with E-state index in [1.807, 2.05) is 36.4 Å². The molecule has 0 aliphatic rings. The van der Waals surface area contributed by atoms with Crippen molar-refractivity contribution in [3.63, 3.8) is 0 Å². The maximum atomic E-state index is 11.5. The number of nitriles is 1. The number of nitrogens with one attached hydrogen (secondary N) is 1. The molecule has 0 bridgehead atoms. The van der Waals surface area contributed by atoms with Crippen molar-refractivity contribution in [3.05, 3.63) is 40.8 Å². The summed E-state index contributed by atoms with van der Waals surface area (Å²) < 4.78 is 6.26. The van der Waals surface area contributed by atoms with Gasteiger partial charge in [-0.1, -0.05) is 22.9 Å². The molecule has 0 unspecified atom stereocenters. The van der Waals surface area contributed by atoms with Crippen molar-refractivity contribution in [1.82, 2.24) is 5.27 Å². The molecule has 0 radical (unpaired) electrons. The van der Waals surface area contributed by atoms with E-state index in [-0.39, 0.29) is 0 Å². The largest absolute Gasteiger partial charge is 0.435 e. The van der Waals surface area contributed by atoms with Gasteiger partial charge in [0, 0.05) is 0 Å². The lowest BCUT2D eigenvalue weighted by atomic mass is 10.2. The van der Waals surface area contributed by atoms with Crippen LogP contribution in [0.5, 0.6) is 0 Å². The summed E-state index contributed by atoms with van der Waals surface area (Å²) in [6, 6.07) is 11.2. The van der Waals surface area contributed by atoms with Crippen LogP contribution in [-0.2, 0) is 6.54 Å². The Balaban J connectivity index is 2.44. The summed E-state index contributed by atoms with van der Waals surface area (Å²) in [6.07, 6.45) is 0.319. The van der Waals surface area contributed by atoms with Crippen molar-refractivity contribution in [3.8, 4) is 17.3 Å². The van der Waals surface area contributed by atoms with Gasteiger partial charge in [0.2, 0.25) is 0 Å². The molecule has 0 amide bonds. The van der Waals surface area contributed by atoms with Crippen LogP contribution in [0.15, 0.2) is 39.6 Å². The zero-order valence-electron chi connectivity index (χ0n) is 8.51. The van der Waals surface area contributed by atoms with Crippen LogP contribution >= 0.6 is 0 Å². The van der Waals surface area contributed by atoms with E-state index in [0.29, 0.717) is 18.7 Å². The van der Waals surface area contributed by atoms with Gasteiger partial charge in [0.05, 0.1) is 18.1 Å². The molecule has 0 atom stereocenters. The highest BCUT2D eigenvalue weighted by Crippen LogP contribution is 2.09. The molecule has 1 N–H and O–H groups in total. The number of hydrogen-bond acceptors (Lipinski definition) is 3. The van der Waals surface area contributed by atoms with E-state index < -0.39 is 5.63 Å². The Bertz CT molecular complexity index is 563. The first-order valence-electron chi connectivity index (χ1n) is 4.86. The van der Waals surface area contributed by atoms with Gasteiger partial charge in [-0.25, -0.2) is 4.79 Å². The first-order valence-corrected chi connectivity index (χ1v) is 4.86. The standard InChI is InChI=1S/C11H9N3O2/c12-7-4-8-14-10(11(15)16-13-14)9-5-2-1-3-6-9/h1-3,5-6H,4,8H2/p+1. The third-order valence-corrected chi connectivity index (χ3v) is 2.21. The third kappa shape index (κ3) is 1.86. The highest BCUT2D eigenvalue weighted by Gasteiger charge is 2.21. The fraction of sp³-hybridized carbons (Fsp3) is 0.182. The molecular formula is C11H10N3O2+. The summed E-state index contributed by atoms with van der Waals surface area (Å²) in [4.78, 5) is 11.5. The minimum atomic E-state index is -0.427. The number of hydrogen-bond donors (Lipinski definition) is 1. The number of aromatic nitrogens is 2. The predicted molar refractivity (Wildman–Crippen MR) is 55.2 cm³/mol. The number of aryl methyl sites for hydroxylation is 1. The Hall–Kier alpha value is -2.35. The molecule has 0 spiro atoms. The SMILES string of the molecule is N#CCC[n+]1[nH]oc(=O)c1-c1ccccc1. The van der Waals surface area contributed by atoms with Gasteiger partial charge in [-0.05, 0) is 17.4 Å². The molecule has 1 aromatic heterocycles. The summed E-state index contributed by atoms with van der Waals surface area (Å²) >= 11 is 0. The molecule has 2 aromatic rings. The normalized spacial score (nSPS) is 9.94. The summed E-state index contributed by atoms with van der Waals surface area (Å²) in [5.74, 6) is 0. The smallest absolute Gasteiger partial charge is 0.283 e. The molecule has 16 heavy (non-hydrogen) atoms. The molecule has 0 aliphatic heterocycles. The molecular weight excluding hydrogens is 206 g/mol. The molecule has 0 fully saturated rings. The van der Waals surface area contributed by atoms with E-state index in [9.17, 15) is 4.79 Å². The molecule has 0 saturated carbocycles. The van der Waals surface area contributed by atoms with Crippen LogP contribution in [0.2, 0.25) is 0 Å². The lowest BCUT2D eigenvalue weighted by molar-refractivity contribution is -0.751. The third-order valence-electron chi connectivity index (χ3n) is 2.21. The number of rotatable bonds is 3. The second-order valence-electron chi connectivity index (χ2n) is 3.26. The molecule has 5 nitrogen and oxygen atoms in total. The lowest BCUT2D eigenvalue weighted by Crippen LogP contribution is -2.38. The highest BCUT2D eigenvalue weighted by atomic mass is 16.5. The fourth-order valence-corrected chi connectivity index (χ4v) is 1.49. The van der Waals surface area contributed by atoms with Crippen molar-refractivity contribution < 1.29 is 9.20 Å². The average molecular weight is 216 g/mol. The second-order valence-corrected chi connectivity index (χ2v) is 3.26. The summed E-state index contributed by atoms with van der Waals surface area (Å²) in [6.45, 7) is 0.409. The second kappa shape index (κ2) is 4.45. The molecule has 2 rings (SSSR count). The Labute approximate surface area is 91.5 Å². The number of H-pyrrole nitrogens is 1. The van der Waals surface area contributed by atoms with Gasteiger partial charge in [-0.3, -0.25) is 4.52 Å². The van der Waals surface area contributed by atoms with E-state index >= 15 is 0 Å². The van der Waals surface area contributed by atoms with Crippen LogP contribution in [0.4, 0.5) is 0 Å². The Morgan fingerprint density at radius 3 is 2.81 bits per heavy atom. The minimum Gasteiger partial charge on any atom is -0.283 e.